The van der Waals surface area contributed by atoms with Crippen LogP contribution in [0.4, 0.5) is 5.82 Å². The minimum absolute atomic E-state index is 0.476. The fourth-order valence-electron chi connectivity index (χ4n) is 4.19. The molecule has 0 aliphatic carbocycles. The Morgan fingerprint density at radius 2 is 1.92 bits per heavy atom. The van der Waals surface area contributed by atoms with Gasteiger partial charge in [-0.2, -0.15) is 0 Å². The summed E-state index contributed by atoms with van der Waals surface area (Å²) < 4.78 is 12.0. The summed E-state index contributed by atoms with van der Waals surface area (Å²) in [5, 5.41) is 1.06. The highest BCUT2D eigenvalue weighted by Crippen LogP contribution is 2.35. The molecule has 0 amide bonds. The first kappa shape index (κ1) is 14.2. The van der Waals surface area contributed by atoms with Gasteiger partial charge in [0.05, 0.1) is 6.10 Å². The number of anilines is 1. The second kappa shape index (κ2) is 5.74. The predicted octanol–water partition coefficient (Wildman–Crippen LogP) is 3.77. The van der Waals surface area contributed by atoms with Crippen LogP contribution in [0.2, 0.25) is 0 Å². The first-order valence-electron chi connectivity index (χ1n) is 8.89. The summed E-state index contributed by atoms with van der Waals surface area (Å²) in [7, 11) is 0. The Morgan fingerprint density at radius 1 is 1.04 bits per heavy atom. The van der Waals surface area contributed by atoms with Crippen LogP contribution in [0.1, 0.15) is 25.7 Å². The number of piperidine rings is 1. The quantitative estimate of drug-likeness (QED) is 0.718. The van der Waals surface area contributed by atoms with E-state index in [1.54, 1.807) is 6.33 Å². The van der Waals surface area contributed by atoms with Gasteiger partial charge in [-0.15, -0.1) is 0 Å². The number of ether oxygens (including phenoxy) is 1. The molecule has 5 heteroatoms. The standard InChI is InChI=1S/C19H21N3O2/c1-2-5-16-14(4-1)17-18(24-16)19(21-12-20-17)22-9-7-13(8-10-22)15-6-3-11-23-15/h1-2,4-5,12-13,15H,3,6-11H2. The number of hydrogen-bond acceptors (Lipinski definition) is 5. The lowest BCUT2D eigenvalue weighted by Gasteiger charge is -2.34. The van der Waals surface area contributed by atoms with E-state index in [0.717, 1.165) is 60.4 Å². The van der Waals surface area contributed by atoms with Gasteiger partial charge < -0.3 is 14.1 Å². The molecule has 5 rings (SSSR count). The van der Waals surface area contributed by atoms with Gasteiger partial charge in [-0.05, 0) is 43.7 Å². The lowest BCUT2D eigenvalue weighted by molar-refractivity contribution is 0.0531. The van der Waals surface area contributed by atoms with Crippen molar-refractivity contribution < 1.29 is 9.15 Å². The Morgan fingerprint density at radius 3 is 2.75 bits per heavy atom. The van der Waals surface area contributed by atoms with Crippen molar-refractivity contribution in [2.45, 2.75) is 31.8 Å². The van der Waals surface area contributed by atoms with Crippen LogP contribution in [0.3, 0.4) is 0 Å². The Kier molecular flexibility index (Phi) is 3.40. The van der Waals surface area contributed by atoms with E-state index in [9.17, 15) is 0 Å². The molecular formula is C19H21N3O2. The summed E-state index contributed by atoms with van der Waals surface area (Å²) in [6.07, 6.45) is 6.91. The predicted molar refractivity (Wildman–Crippen MR) is 93.2 cm³/mol. The Labute approximate surface area is 140 Å². The van der Waals surface area contributed by atoms with E-state index in [4.69, 9.17) is 9.15 Å². The highest BCUT2D eigenvalue weighted by Gasteiger charge is 2.30. The van der Waals surface area contributed by atoms with Gasteiger partial charge >= 0.3 is 0 Å². The molecule has 2 saturated heterocycles. The second-order valence-electron chi connectivity index (χ2n) is 6.85. The third-order valence-electron chi connectivity index (χ3n) is 5.47. The van der Waals surface area contributed by atoms with Crippen molar-refractivity contribution in [3.05, 3.63) is 30.6 Å². The molecule has 1 unspecified atom stereocenters. The van der Waals surface area contributed by atoms with Gasteiger partial charge in [0.15, 0.2) is 11.4 Å². The average Bonchev–Trinajstić information content (AvgIpc) is 3.29. The van der Waals surface area contributed by atoms with Crippen LogP contribution in [0.5, 0.6) is 0 Å². The maximum atomic E-state index is 6.07. The van der Waals surface area contributed by atoms with Crippen LogP contribution in [0, 0.1) is 5.92 Å². The first-order valence-corrected chi connectivity index (χ1v) is 8.89. The largest absolute Gasteiger partial charge is 0.450 e. The SMILES string of the molecule is c1ccc2c(c1)oc1c(N3CCC(C4CCCO4)CC3)ncnc12. The van der Waals surface area contributed by atoms with Gasteiger partial charge in [0.1, 0.15) is 17.4 Å². The van der Waals surface area contributed by atoms with Crippen molar-refractivity contribution in [2.75, 3.05) is 24.6 Å². The van der Waals surface area contributed by atoms with Gasteiger partial charge in [0.2, 0.25) is 0 Å². The van der Waals surface area contributed by atoms with Gasteiger partial charge in [0.25, 0.3) is 0 Å². The van der Waals surface area contributed by atoms with Crippen LogP contribution in [-0.2, 0) is 4.74 Å². The molecule has 0 saturated carbocycles. The molecule has 2 aliphatic heterocycles. The van der Waals surface area contributed by atoms with E-state index in [-0.39, 0.29) is 0 Å². The monoisotopic (exact) mass is 323 g/mol. The summed E-state index contributed by atoms with van der Waals surface area (Å²) in [5.41, 5.74) is 2.61. The zero-order valence-electron chi connectivity index (χ0n) is 13.6. The number of fused-ring (bicyclic) bond motifs is 3. The lowest BCUT2D eigenvalue weighted by Crippen LogP contribution is -2.38. The zero-order valence-corrected chi connectivity index (χ0v) is 13.6. The number of furan rings is 1. The first-order chi connectivity index (χ1) is 11.9. The third-order valence-corrected chi connectivity index (χ3v) is 5.47. The molecule has 5 nitrogen and oxygen atoms in total. The van der Waals surface area contributed by atoms with Crippen LogP contribution in [-0.4, -0.2) is 35.8 Å². The van der Waals surface area contributed by atoms with E-state index in [2.05, 4.69) is 20.9 Å². The van der Waals surface area contributed by atoms with E-state index < -0.39 is 0 Å². The maximum Gasteiger partial charge on any atom is 0.196 e. The molecule has 124 valence electrons. The number of para-hydroxylation sites is 1. The van der Waals surface area contributed by atoms with Gasteiger partial charge in [-0.1, -0.05) is 12.1 Å². The van der Waals surface area contributed by atoms with Crippen molar-refractivity contribution in [1.82, 2.24) is 9.97 Å². The van der Waals surface area contributed by atoms with Crippen LogP contribution < -0.4 is 4.90 Å². The topological polar surface area (TPSA) is 51.4 Å². The molecule has 0 spiro atoms. The van der Waals surface area contributed by atoms with Gasteiger partial charge in [0, 0.05) is 25.1 Å². The van der Waals surface area contributed by atoms with E-state index in [0.29, 0.717) is 12.0 Å². The number of nitrogens with zero attached hydrogens (tertiary/aromatic N) is 3. The van der Waals surface area contributed by atoms with Crippen LogP contribution in [0.25, 0.3) is 22.1 Å². The van der Waals surface area contributed by atoms with Gasteiger partial charge in [-0.25, -0.2) is 9.97 Å². The zero-order chi connectivity index (χ0) is 15.9. The maximum absolute atomic E-state index is 6.07. The highest BCUT2D eigenvalue weighted by atomic mass is 16.5. The van der Waals surface area contributed by atoms with E-state index in [1.165, 1.54) is 12.8 Å². The Hall–Kier alpha value is -2.14. The third kappa shape index (κ3) is 2.26. The number of aromatic nitrogens is 2. The highest BCUT2D eigenvalue weighted by molar-refractivity contribution is 6.05. The number of rotatable bonds is 2. The van der Waals surface area contributed by atoms with Crippen molar-refractivity contribution in [3.63, 3.8) is 0 Å². The van der Waals surface area contributed by atoms with Crippen molar-refractivity contribution in [3.8, 4) is 0 Å². The minimum atomic E-state index is 0.476. The normalized spacial score (nSPS) is 22.7. The molecule has 0 bridgehead atoms. The molecule has 0 N–H and O–H groups in total. The second-order valence-corrected chi connectivity index (χ2v) is 6.85. The van der Waals surface area contributed by atoms with Gasteiger partial charge in [-0.3, -0.25) is 0 Å². The fourth-order valence-corrected chi connectivity index (χ4v) is 4.19. The molecular weight excluding hydrogens is 302 g/mol. The summed E-state index contributed by atoms with van der Waals surface area (Å²) in [6, 6.07) is 8.06. The smallest absolute Gasteiger partial charge is 0.196 e. The van der Waals surface area contributed by atoms with E-state index in [1.807, 2.05) is 18.2 Å². The summed E-state index contributed by atoms with van der Waals surface area (Å²) >= 11 is 0. The van der Waals surface area contributed by atoms with Crippen LogP contribution >= 0.6 is 0 Å². The summed E-state index contributed by atoms with van der Waals surface area (Å²) in [6.45, 7) is 2.96. The number of hydrogen-bond donors (Lipinski definition) is 0. The summed E-state index contributed by atoms with van der Waals surface area (Å²) in [5.74, 6) is 1.62. The summed E-state index contributed by atoms with van der Waals surface area (Å²) in [4.78, 5) is 11.3. The lowest BCUT2D eigenvalue weighted by atomic mass is 9.90. The van der Waals surface area contributed by atoms with Crippen LogP contribution in [0.15, 0.2) is 35.0 Å². The van der Waals surface area contributed by atoms with E-state index >= 15 is 0 Å². The Balaban J connectivity index is 1.45. The van der Waals surface area contributed by atoms with Crippen molar-refractivity contribution >= 4 is 27.9 Å². The van der Waals surface area contributed by atoms with Crippen molar-refractivity contribution in [1.29, 1.82) is 0 Å². The molecule has 2 fully saturated rings. The fraction of sp³-hybridized carbons (Fsp3) is 0.474. The number of benzene rings is 1. The Bertz CT molecular complexity index is 861. The molecule has 1 atom stereocenters. The average molecular weight is 323 g/mol. The molecule has 2 aromatic heterocycles. The molecule has 24 heavy (non-hydrogen) atoms. The molecule has 2 aliphatic rings. The molecule has 3 aromatic rings. The molecule has 0 radical (unpaired) electrons. The van der Waals surface area contributed by atoms with Crippen molar-refractivity contribution in [2.24, 2.45) is 5.92 Å². The molecule has 1 aromatic carbocycles. The molecule has 4 heterocycles. The minimum Gasteiger partial charge on any atom is -0.450 e.